The van der Waals surface area contributed by atoms with E-state index in [0.29, 0.717) is 23.9 Å². The lowest BCUT2D eigenvalue weighted by Crippen LogP contribution is -2.48. The van der Waals surface area contributed by atoms with Gasteiger partial charge in [0.2, 0.25) is 0 Å². The second-order valence-electron chi connectivity index (χ2n) is 10.2. The van der Waals surface area contributed by atoms with Gasteiger partial charge in [-0.1, -0.05) is 23.7 Å². The van der Waals surface area contributed by atoms with Crippen LogP contribution in [0, 0.1) is 17.5 Å². The van der Waals surface area contributed by atoms with Crippen LogP contribution in [0.3, 0.4) is 0 Å². The molecule has 0 saturated heterocycles. The molecule has 1 N–H and O–H groups in total. The Morgan fingerprint density at radius 3 is 2.44 bits per heavy atom. The van der Waals surface area contributed by atoms with Gasteiger partial charge in [-0.3, -0.25) is 24.2 Å². The number of ether oxygens (including phenoxy) is 1. The van der Waals surface area contributed by atoms with Crippen LogP contribution in [0.25, 0.3) is 0 Å². The van der Waals surface area contributed by atoms with Gasteiger partial charge in [0.1, 0.15) is 17.5 Å². The van der Waals surface area contributed by atoms with Crippen molar-refractivity contribution in [1.29, 1.82) is 0 Å². The van der Waals surface area contributed by atoms with Gasteiger partial charge in [-0.2, -0.15) is 5.10 Å². The first kappa shape index (κ1) is 27.1. The number of carbonyl (C=O) groups is 2. The van der Waals surface area contributed by atoms with Crippen LogP contribution in [0.15, 0.2) is 61.1 Å². The fourth-order valence-corrected chi connectivity index (χ4v) is 5.13. The third-order valence-corrected chi connectivity index (χ3v) is 7.57. The predicted octanol–water partition coefficient (Wildman–Crippen LogP) is 4.52. The third kappa shape index (κ3) is 4.69. The van der Waals surface area contributed by atoms with E-state index in [0.717, 1.165) is 17.2 Å². The first-order chi connectivity index (χ1) is 19.5. The van der Waals surface area contributed by atoms with Crippen molar-refractivity contribution in [1.82, 2.24) is 19.7 Å². The summed E-state index contributed by atoms with van der Waals surface area (Å²) in [4.78, 5) is 32.1. The summed E-state index contributed by atoms with van der Waals surface area (Å²) < 4.78 is 52.5. The van der Waals surface area contributed by atoms with Crippen LogP contribution in [-0.4, -0.2) is 48.7 Å². The molecule has 4 aromatic rings. The molecule has 3 heterocycles. The molecule has 0 bridgehead atoms. The Morgan fingerprint density at radius 1 is 1.07 bits per heavy atom. The number of carbonyl (C=O) groups excluding carboxylic acids is 2. The molecule has 210 valence electrons. The lowest BCUT2D eigenvalue weighted by molar-refractivity contribution is -0.139. The quantitative estimate of drug-likeness (QED) is 0.307. The van der Waals surface area contributed by atoms with Crippen LogP contribution in [0.4, 0.5) is 13.2 Å². The number of hydrogen-bond acceptors (Lipinski definition) is 6. The molecule has 2 aromatic carbocycles. The summed E-state index contributed by atoms with van der Waals surface area (Å²) in [5, 5.41) is 15.0. The van der Waals surface area contributed by atoms with Gasteiger partial charge in [-0.05, 0) is 37.1 Å². The Bertz CT molecular complexity index is 1710. The van der Waals surface area contributed by atoms with E-state index in [-0.39, 0.29) is 40.1 Å². The highest BCUT2D eigenvalue weighted by molar-refractivity contribution is 6.30. The van der Waals surface area contributed by atoms with Crippen molar-refractivity contribution in [3.8, 4) is 0 Å². The number of nitrogens with zero attached hydrogens (tertiary/aromatic N) is 4. The smallest absolute Gasteiger partial charge is 0.257 e. The molecule has 1 aliphatic heterocycles. The van der Waals surface area contributed by atoms with Crippen molar-refractivity contribution < 1.29 is 32.6 Å². The largest absolute Gasteiger partial charge is 0.387 e. The molecule has 1 fully saturated rings. The molecule has 12 heteroatoms. The lowest BCUT2D eigenvalue weighted by Gasteiger charge is -2.40. The molecule has 1 atom stereocenters. The zero-order valence-electron chi connectivity index (χ0n) is 21.6. The summed E-state index contributed by atoms with van der Waals surface area (Å²) in [6, 6.07) is 8.96. The summed E-state index contributed by atoms with van der Waals surface area (Å²) >= 11 is 6.13. The van der Waals surface area contributed by atoms with E-state index in [1.165, 1.54) is 47.4 Å². The fraction of sp³-hybridized carbons (Fsp3) is 0.241. The van der Waals surface area contributed by atoms with Gasteiger partial charge in [0, 0.05) is 35.5 Å². The predicted molar refractivity (Wildman–Crippen MR) is 139 cm³/mol. The average molecular weight is 583 g/mol. The molecule has 1 amide bonds. The van der Waals surface area contributed by atoms with Crippen LogP contribution >= 0.6 is 11.6 Å². The van der Waals surface area contributed by atoms with Crippen molar-refractivity contribution in [3.63, 3.8) is 0 Å². The average Bonchev–Trinajstić information content (AvgIpc) is 3.43. The van der Waals surface area contributed by atoms with Gasteiger partial charge in [0.25, 0.3) is 5.91 Å². The van der Waals surface area contributed by atoms with Gasteiger partial charge >= 0.3 is 0 Å². The number of rotatable bonds is 8. The van der Waals surface area contributed by atoms with Gasteiger partial charge in [-0.15, -0.1) is 0 Å². The molecule has 8 nitrogen and oxygen atoms in total. The van der Waals surface area contributed by atoms with Crippen molar-refractivity contribution in [3.05, 3.63) is 117 Å². The molecule has 1 aliphatic carbocycles. The molecule has 2 aliphatic rings. The Hall–Kier alpha value is -4.06. The molecule has 41 heavy (non-hydrogen) atoms. The number of benzene rings is 2. The van der Waals surface area contributed by atoms with Crippen LogP contribution in [0.5, 0.6) is 0 Å². The minimum Gasteiger partial charge on any atom is -0.387 e. The Kier molecular flexibility index (Phi) is 6.48. The molecule has 2 aromatic heterocycles. The molecular weight excluding hydrogens is 561 g/mol. The number of pyridine rings is 1. The van der Waals surface area contributed by atoms with E-state index in [2.05, 4.69) is 10.1 Å². The number of aliphatic hydroxyl groups is 1. The number of halogens is 4. The van der Waals surface area contributed by atoms with E-state index in [9.17, 15) is 23.5 Å². The van der Waals surface area contributed by atoms with Crippen molar-refractivity contribution in [2.75, 3.05) is 6.61 Å². The van der Waals surface area contributed by atoms with Crippen molar-refractivity contribution >= 4 is 23.3 Å². The third-order valence-electron chi connectivity index (χ3n) is 7.32. The Labute approximate surface area is 236 Å². The Morgan fingerprint density at radius 2 is 1.80 bits per heavy atom. The van der Waals surface area contributed by atoms with Gasteiger partial charge in [0.05, 0.1) is 53.5 Å². The monoisotopic (exact) mass is 582 g/mol. The number of ketones is 1. The number of aryl methyl sites for hydroxylation is 1. The minimum atomic E-state index is -2.02. The van der Waals surface area contributed by atoms with E-state index < -0.39 is 47.0 Å². The minimum absolute atomic E-state index is 0.110. The van der Waals surface area contributed by atoms with E-state index in [4.69, 9.17) is 16.3 Å². The van der Waals surface area contributed by atoms with Crippen molar-refractivity contribution in [2.45, 2.75) is 30.7 Å². The number of fused-ring (bicyclic) bond motifs is 1. The fourth-order valence-electron chi connectivity index (χ4n) is 5.01. The van der Waals surface area contributed by atoms with E-state index >= 15 is 4.39 Å². The zero-order chi connectivity index (χ0) is 29.1. The topological polar surface area (TPSA) is 97.6 Å². The van der Waals surface area contributed by atoms with Crippen LogP contribution in [0.2, 0.25) is 5.02 Å². The second-order valence-corrected chi connectivity index (χ2v) is 10.7. The lowest BCUT2D eigenvalue weighted by atomic mass is 9.90. The maximum Gasteiger partial charge on any atom is 0.257 e. The zero-order valence-corrected chi connectivity index (χ0v) is 22.3. The molecule has 6 rings (SSSR count). The molecule has 0 radical (unpaired) electrons. The van der Waals surface area contributed by atoms with Gasteiger partial charge < -0.3 is 9.84 Å². The van der Waals surface area contributed by atoms with Crippen LogP contribution < -0.4 is 0 Å². The Balaban J connectivity index is 1.56. The summed E-state index contributed by atoms with van der Waals surface area (Å²) in [5.74, 6) is -4.22. The standard InChI is InChI=1S/C29H22ClF3N4O4/c1-36-13-17(11-35-36)26(38)16-8-21-25(23(33)9-16)29(41-15-28(40)6-7-28,18-2-4-19(30)5-3-18)37(27(21)39)14-24-22(32)10-20(31)12-34-24/h2-5,8-13,40H,6-7,14-15H2,1H3. The van der Waals surface area contributed by atoms with Crippen molar-refractivity contribution in [2.24, 2.45) is 7.05 Å². The summed E-state index contributed by atoms with van der Waals surface area (Å²) in [7, 11) is 1.62. The van der Waals surface area contributed by atoms with Gasteiger partial charge in [0.15, 0.2) is 11.5 Å². The first-order valence-corrected chi connectivity index (χ1v) is 13.0. The molecule has 1 saturated carbocycles. The number of hydrogen-bond donors (Lipinski definition) is 1. The molecule has 0 spiro atoms. The second kappa shape index (κ2) is 9.79. The van der Waals surface area contributed by atoms with Crippen LogP contribution in [0.1, 0.15) is 55.9 Å². The highest BCUT2D eigenvalue weighted by atomic mass is 35.5. The maximum atomic E-state index is 16.3. The number of aromatic nitrogens is 3. The normalized spacial score (nSPS) is 19.0. The number of amides is 1. The van der Waals surface area contributed by atoms with Crippen LogP contribution in [-0.2, 0) is 24.1 Å². The summed E-state index contributed by atoms with van der Waals surface area (Å²) in [6.07, 6.45) is 4.44. The summed E-state index contributed by atoms with van der Waals surface area (Å²) in [6.45, 7) is -0.833. The van der Waals surface area contributed by atoms with E-state index in [1.807, 2.05) is 0 Å². The first-order valence-electron chi connectivity index (χ1n) is 12.6. The SMILES string of the molecule is Cn1cc(C(=O)c2cc(F)c3c(c2)C(=O)N(Cc2ncc(F)cc2F)C3(OCC2(O)CC2)c2ccc(Cl)cc2)cn1. The summed E-state index contributed by atoms with van der Waals surface area (Å²) in [5.41, 5.74) is -3.60. The maximum absolute atomic E-state index is 16.3. The van der Waals surface area contributed by atoms with E-state index in [1.54, 1.807) is 7.05 Å². The molecular formula is C29H22ClF3N4O4. The molecule has 1 unspecified atom stereocenters. The van der Waals surface area contributed by atoms with Gasteiger partial charge in [-0.25, -0.2) is 13.2 Å². The highest BCUT2D eigenvalue weighted by Gasteiger charge is 2.56. The highest BCUT2D eigenvalue weighted by Crippen LogP contribution is 2.49.